The Morgan fingerprint density at radius 3 is 2.58 bits per heavy atom. The third-order valence-electron chi connectivity index (χ3n) is 5.09. The van der Waals surface area contributed by atoms with Gasteiger partial charge in [0.2, 0.25) is 0 Å². The van der Waals surface area contributed by atoms with Crippen LogP contribution in [0.25, 0.3) is 6.08 Å². The lowest BCUT2D eigenvalue weighted by molar-refractivity contribution is -0.139. The second-order valence-corrected chi connectivity index (χ2v) is 8.65. The van der Waals surface area contributed by atoms with Gasteiger partial charge < -0.3 is 4.74 Å². The quantitative estimate of drug-likeness (QED) is 0.566. The fourth-order valence-electron chi connectivity index (χ4n) is 3.60. The smallest absolute Gasteiger partial charge is 0.338 e. The molecule has 4 rings (SSSR count). The van der Waals surface area contributed by atoms with Crippen LogP contribution in [0.2, 0.25) is 5.02 Å². The van der Waals surface area contributed by atoms with Crippen molar-refractivity contribution in [2.45, 2.75) is 26.8 Å². The lowest BCUT2D eigenvalue weighted by Crippen LogP contribution is -2.40. The molecule has 0 aliphatic carbocycles. The number of nitrogens with zero attached hydrogens (tertiary/aromatic N) is 2. The standard InChI is InChI=1S/C24H21ClN2O3S/c1-4-30-23(29)20-15(3)26-24-27(21(20)17-7-5-6-8-18(17)25)22(28)19(31-24)13-16-11-9-14(2)10-12-16/h5-13,21H,4H2,1-3H3/b19-13+. The topological polar surface area (TPSA) is 60.7 Å². The highest BCUT2D eigenvalue weighted by atomic mass is 35.5. The van der Waals surface area contributed by atoms with E-state index in [0.717, 1.165) is 11.1 Å². The number of ether oxygens (including phenoxy) is 1. The first kappa shape index (κ1) is 21.3. The average molecular weight is 453 g/mol. The van der Waals surface area contributed by atoms with Gasteiger partial charge in [-0.3, -0.25) is 9.36 Å². The van der Waals surface area contributed by atoms with Gasteiger partial charge in [0.05, 0.1) is 22.4 Å². The highest BCUT2D eigenvalue weighted by Crippen LogP contribution is 2.34. The second kappa shape index (κ2) is 8.65. The molecule has 0 spiro atoms. The van der Waals surface area contributed by atoms with Gasteiger partial charge >= 0.3 is 5.97 Å². The lowest BCUT2D eigenvalue weighted by Gasteiger charge is -2.25. The van der Waals surface area contributed by atoms with Crippen LogP contribution in [0.4, 0.5) is 0 Å². The number of aryl methyl sites for hydroxylation is 1. The van der Waals surface area contributed by atoms with E-state index in [1.165, 1.54) is 11.3 Å². The Morgan fingerprint density at radius 2 is 1.90 bits per heavy atom. The predicted molar refractivity (Wildman–Crippen MR) is 123 cm³/mol. The maximum atomic E-state index is 13.5. The van der Waals surface area contributed by atoms with Gasteiger partial charge in [-0.1, -0.05) is 71.0 Å². The van der Waals surface area contributed by atoms with Crippen LogP contribution in [0.15, 0.2) is 69.6 Å². The molecule has 0 fully saturated rings. The van der Waals surface area contributed by atoms with E-state index < -0.39 is 12.0 Å². The number of thiazole rings is 1. The number of hydrogen-bond acceptors (Lipinski definition) is 5. The summed E-state index contributed by atoms with van der Waals surface area (Å²) in [5.41, 5.74) is 3.35. The average Bonchev–Trinajstić information content (AvgIpc) is 3.04. The Balaban J connectivity index is 1.97. The molecular formula is C24H21ClN2O3S. The Labute approximate surface area is 188 Å². The second-order valence-electron chi connectivity index (χ2n) is 7.23. The SMILES string of the molecule is CCOC(=O)C1=C(C)N=c2s/c(=C/c3ccc(C)cc3)c(=O)n2C1c1ccccc1Cl. The summed E-state index contributed by atoms with van der Waals surface area (Å²) in [4.78, 5) is 31.4. The maximum Gasteiger partial charge on any atom is 0.338 e. The number of fused-ring (bicyclic) bond motifs is 1. The van der Waals surface area contributed by atoms with Crippen LogP contribution in [-0.4, -0.2) is 17.1 Å². The van der Waals surface area contributed by atoms with Crippen molar-refractivity contribution in [3.05, 3.63) is 101 Å². The van der Waals surface area contributed by atoms with Gasteiger partial charge in [0.15, 0.2) is 4.80 Å². The number of carbonyl (C=O) groups is 1. The van der Waals surface area contributed by atoms with E-state index in [4.69, 9.17) is 16.3 Å². The summed E-state index contributed by atoms with van der Waals surface area (Å²) >= 11 is 7.79. The fourth-order valence-corrected chi connectivity index (χ4v) is 4.88. The monoisotopic (exact) mass is 452 g/mol. The van der Waals surface area contributed by atoms with Gasteiger partial charge in [0, 0.05) is 5.02 Å². The van der Waals surface area contributed by atoms with E-state index in [2.05, 4.69) is 4.99 Å². The molecule has 1 atom stereocenters. The zero-order valence-electron chi connectivity index (χ0n) is 17.4. The summed E-state index contributed by atoms with van der Waals surface area (Å²) in [6, 6.07) is 14.4. The maximum absolute atomic E-state index is 13.5. The molecule has 1 aromatic heterocycles. The predicted octanol–water partition coefficient (Wildman–Crippen LogP) is 3.76. The normalized spacial score (nSPS) is 16.1. The summed E-state index contributed by atoms with van der Waals surface area (Å²) in [7, 11) is 0. The Morgan fingerprint density at radius 1 is 1.19 bits per heavy atom. The first-order chi connectivity index (χ1) is 14.9. The third kappa shape index (κ3) is 4.01. The number of allylic oxidation sites excluding steroid dienone is 1. The summed E-state index contributed by atoms with van der Waals surface area (Å²) < 4.78 is 7.38. The molecule has 2 heterocycles. The molecule has 1 aliphatic rings. The van der Waals surface area contributed by atoms with Crippen LogP contribution >= 0.6 is 22.9 Å². The minimum atomic E-state index is -0.704. The first-order valence-corrected chi connectivity index (χ1v) is 11.1. The third-order valence-corrected chi connectivity index (χ3v) is 6.42. The Hall–Kier alpha value is -2.96. The molecule has 0 radical (unpaired) electrons. The molecule has 0 amide bonds. The largest absolute Gasteiger partial charge is 0.463 e. The van der Waals surface area contributed by atoms with Gasteiger partial charge in [0.25, 0.3) is 5.56 Å². The van der Waals surface area contributed by atoms with E-state index in [0.29, 0.717) is 31.2 Å². The molecule has 3 aromatic rings. The number of esters is 1. The van der Waals surface area contributed by atoms with Gasteiger partial charge in [-0.05, 0) is 44.0 Å². The zero-order chi connectivity index (χ0) is 22.1. The minimum Gasteiger partial charge on any atom is -0.463 e. The highest BCUT2D eigenvalue weighted by Gasteiger charge is 2.34. The summed E-state index contributed by atoms with van der Waals surface area (Å²) in [6.07, 6.45) is 1.84. The molecule has 2 aromatic carbocycles. The molecule has 7 heteroatoms. The first-order valence-electron chi connectivity index (χ1n) is 9.91. The van der Waals surface area contributed by atoms with Crippen molar-refractivity contribution in [3.8, 4) is 0 Å². The lowest BCUT2D eigenvalue weighted by atomic mass is 9.96. The number of halogens is 1. The number of benzene rings is 2. The fraction of sp³-hybridized carbons (Fsp3) is 0.208. The van der Waals surface area contributed by atoms with Crippen molar-refractivity contribution in [1.29, 1.82) is 0 Å². The molecule has 31 heavy (non-hydrogen) atoms. The van der Waals surface area contributed by atoms with Crippen LogP contribution in [0.1, 0.15) is 36.6 Å². The van der Waals surface area contributed by atoms with Crippen molar-refractivity contribution < 1.29 is 9.53 Å². The Kier molecular flexibility index (Phi) is 5.94. The van der Waals surface area contributed by atoms with E-state index in [-0.39, 0.29) is 12.2 Å². The number of rotatable bonds is 4. The van der Waals surface area contributed by atoms with E-state index in [9.17, 15) is 9.59 Å². The van der Waals surface area contributed by atoms with E-state index in [1.807, 2.05) is 55.5 Å². The molecule has 0 bridgehead atoms. The molecule has 1 unspecified atom stereocenters. The van der Waals surface area contributed by atoms with Crippen molar-refractivity contribution in [2.75, 3.05) is 6.61 Å². The molecule has 0 N–H and O–H groups in total. The van der Waals surface area contributed by atoms with Crippen molar-refractivity contribution in [2.24, 2.45) is 4.99 Å². The molecule has 0 saturated heterocycles. The zero-order valence-corrected chi connectivity index (χ0v) is 19.0. The molecule has 158 valence electrons. The van der Waals surface area contributed by atoms with Crippen LogP contribution in [0.5, 0.6) is 0 Å². The van der Waals surface area contributed by atoms with Crippen molar-refractivity contribution in [1.82, 2.24) is 4.57 Å². The van der Waals surface area contributed by atoms with Gasteiger partial charge in [-0.2, -0.15) is 0 Å². The van der Waals surface area contributed by atoms with Crippen molar-refractivity contribution in [3.63, 3.8) is 0 Å². The minimum absolute atomic E-state index is 0.219. The van der Waals surface area contributed by atoms with E-state index >= 15 is 0 Å². The van der Waals surface area contributed by atoms with Crippen LogP contribution in [-0.2, 0) is 9.53 Å². The van der Waals surface area contributed by atoms with Crippen molar-refractivity contribution >= 4 is 35.0 Å². The molecule has 5 nitrogen and oxygen atoms in total. The van der Waals surface area contributed by atoms with Crippen LogP contribution < -0.4 is 14.9 Å². The number of carbonyl (C=O) groups excluding carboxylic acids is 1. The number of hydrogen-bond donors (Lipinski definition) is 0. The summed E-state index contributed by atoms with van der Waals surface area (Å²) in [5.74, 6) is -0.499. The summed E-state index contributed by atoms with van der Waals surface area (Å²) in [5, 5.41) is 0.470. The molecule has 0 saturated carbocycles. The van der Waals surface area contributed by atoms with Gasteiger partial charge in [-0.25, -0.2) is 9.79 Å². The summed E-state index contributed by atoms with van der Waals surface area (Å²) in [6.45, 7) is 5.74. The van der Waals surface area contributed by atoms with Crippen LogP contribution in [0, 0.1) is 6.92 Å². The van der Waals surface area contributed by atoms with Gasteiger partial charge in [0.1, 0.15) is 6.04 Å². The van der Waals surface area contributed by atoms with Crippen LogP contribution in [0.3, 0.4) is 0 Å². The molecule has 1 aliphatic heterocycles. The van der Waals surface area contributed by atoms with Gasteiger partial charge in [-0.15, -0.1) is 0 Å². The Bertz CT molecular complexity index is 1370. The number of aromatic nitrogens is 1. The molecular weight excluding hydrogens is 432 g/mol. The highest BCUT2D eigenvalue weighted by molar-refractivity contribution is 7.07. The van der Waals surface area contributed by atoms with E-state index in [1.54, 1.807) is 24.5 Å².